The van der Waals surface area contributed by atoms with Crippen LogP contribution < -0.4 is 10.0 Å². The number of rotatable bonds is 6. The maximum atomic E-state index is 13.4. The summed E-state index contributed by atoms with van der Waals surface area (Å²) in [6.45, 7) is 2.59. The van der Waals surface area contributed by atoms with Crippen LogP contribution in [0, 0.1) is 0 Å². The summed E-state index contributed by atoms with van der Waals surface area (Å²) in [7, 11) is -1.90. The van der Waals surface area contributed by atoms with Crippen LogP contribution in [-0.2, 0) is 23.4 Å². The lowest BCUT2D eigenvalue weighted by Gasteiger charge is -2.31. The van der Waals surface area contributed by atoms with Crippen molar-refractivity contribution < 1.29 is 21.6 Å². The van der Waals surface area contributed by atoms with Gasteiger partial charge in [-0.25, -0.2) is 14.7 Å². The van der Waals surface area contributed by atoms with Gasteiger partial charge in [-0.2, -0.15) is 31.0 Å². The van der Waals surface area contributed by atoms with E-state index in [4.69, 9.17) is 0 Å². The van der Waals surface area contributed by atoms with E-state index in [1.165, 1.54) is 21.4 Å². The maximum Gasteiger partial charge on any atom is 0.419 e. The lowest BCUT2D eigenvalue weighted by molar-refractivity contribution is -0.137. The van der Waals surface area contributed by atoms with Crippen LogP contribution in [0.2, 0.25) is 0 Å². The summed E-state index contributed by atoms with van der Waals surface area (Å²) in [5.74, 6) is 0.0600. The fourth-order valence-corrected chi connectivity index (χ4v) is 4.36. The molecule has 0 bridgehead atoms. The van der Waals surface area contributed by atoms with Gasteiger partial charge in [-0.1, -0.05) is 6.92 Å². The monoisotopic (exact) mass is 433 g/mol. The van der Waals surface area contributed by atoms with Crippen LogP contribution in [0.3, 0.4) is 0 Å². The Balaban J connectivity index is 1.76. The summed E-state index contributed by atoms with van der Waals surface area (Å²) in [6.07, 6.45) is -0.122. The first-order valence-corrected chi connectivity index (χ1v) is 10.5. The van der Waals surface area contributed by atoms with Gasteiger partial charge in [-0.05, 0) is 12.8 Å². The molecule has 0 radical (unpaired) electrons. The van der Waals surface area contributed by atoms with Crippen molar-refractivity contribution in [2.45, 2.75) is 32.0 Å². The number of hydrogen-bond donors (Lipinski definition) is 2. The van der Waals surface area contributed by atoms with E-state index in [9.17, 15) is 21.6 Å². The Labute approximate surface area is 166 Å². The average molecular weight is 433 g/mol. The fourth-order valence-electron chi connectivity index (χ4n) is 3.12. The molecular formula is C16H22F3N7O2S. The number of aryl methyl sites for hydroxylation is 1. The minimum atomic E-state index is -4.60. The molecular weight excluding hydrogens is 411 g/mol. The number of aromatic nitrogens is 4. The third-order valence-corrected chi connectivity index (χ3v) is 6.22. The second-order valence-corrected chi connectivity index (χ2v) is 8.43. The number of anilines is 1. The van der Waals surface area contributed by atoms with Crippen molar-refractivity contribution in [3.8, 4) is 11.3 Å². The van der Waals surface area contributed by atoms with Crippen molar-refractivity contribution in [1.29, 1.82) is 0 Å². The first-order valence-electron chi connectivity index (χ1n) is 9.04. The highest BCUT2D eigenvalue weighted by Crippen LogP contribution is 2.36. The van der Waals surface area contributed by atoms with Crippen molar-refractivity contribution in [3.63, 3.8) is 0 Å². The first-order chi connectivity index (χ1) is 13.6. The standard InChI is InChI=1S/C16H22F3N7O2S/c1-3-22-29(27,28)26-6-4-12(5-7-26)23-15-20-9-13(16(17,18)19)14(24-15)11-8-21-25(2)10-11/h8-10,12,22H,3-7H2,1-2H3,(H,20,23,24). The molecule has 0 unspecified atom stereocenters. The van der Waals surface area contributed by atoms with Crippen LogP contribution in [0.1, 0.15) is 25.3 Å². The first kappa shape index (κ1) is 21.5. The second-order valence-electron chi connectivity index (χ2n) is 6.68. The minimum Gasteiger partial charge on any atom is -0.351 e. The predicted molar refractivity (Wildman–Crippen MR) is 100 cm³/mol. The molecule has 1 saturated heterocycles. The molecule has 2 aromatic rings. The molecule has 0 saturated carbocycles. The zero-order valence-electron chi connectivity index (χ0n) is 15.9. The molecule has 9 nitrogen and oxygen atoms in total. The van der Waals surface area contributed by atoms with Crippen molar-refractivity contribution in [2.75, 3.05) is 25.0 Å². The highest BCUT2D eigenvalue weighted by molar-refractivity contribution is 7.87. The quantitative estimate of drug-likeness (QED) is 0.718. The van der Waals surface area contributed by atoms with Crippen molar-refractivity contribution in [3.05, 3.63) is 24.2 Å². The number of nitrogens with zero attached hydrogens (tertiary/aromatic N) is 5. The molecule has 29 heavy (non-hydrogen) atoms. The van der Waals surface area contributed by atoms with Crippen molar-refractivity contribution in [2.24, 2.45) is 7.05 Å². The molecule has 2 N–H and O–H groups in total. The van der Waals surface area contributed by atoms with Crippen molar-refractivity contribution in [1.82, 2.24) is 28.8 Å². The Hall–Kier alpha value is -2.25. The average Bonchev–Trinajstić information content (AvgIpc) is 3.07. The van der Waals surface area contributed by atoms with E-state index in [0.29, 0.717) is 32.5 Å². The van der Waals surface area contributed by atoms with Crippen LogP contribution >= 0.6 is 0 Å². The third kappa shape index (κ3) is 5.03. The Kier molecular flexibility index (Phi) is 6.10. The smallest absolute Gasteiger partial charge is 0.351 e. The van der Waals surface area contributed by atoms with Crippen LogP contribution in [0.4, 0.5) is 19.1 Å². The molecule has 1 aliphatic heterocycles. The van der Waals surface area contributed by atoms with Gasteiger partial charge >= 0.3 is 6.18 Å². The van der Waals surface area contributed by atoms with Gasteiger partial charge < -0.3 is 5.32 Å². The number of halogens is 3. The normalized spacial score (nSPS) is 16.9. The number of piperidine rings is 1. The van der Waals surface area contributed by atoms with E-state index < -0.39 is 21.9 Å². The maximum absolute atomic E-state index is 13.4. The Morgan fingerprint density at radius 3 is 2.48 bits per heavy atom. The zero-order chi connectivity index (χ0) is 21.2. The summed E-state index contributed by atoms with van der Waals surface area (Å²) in [4.78, 5) is 7.89. The molecule has 3 rings (SSSR count). The molecule has 2 aromatic heterocycles. The molecule has 3 heterocycles. The summed E-state index contributed by atoms with van der Waals surface area (Å²) in [5.41, 5.74) is -0.963. The molecule has 13 heteroatoms. The highest BCUT2D eigenvalue weighted by Gasteiger charge is 2.36. The van der Waals surface area contributed by atoms with Gasteiger partial charge in [0.1, 0.15) is 5.56 Å². The molecule has 160 valence electrons. The fraction of sp³-hybridized carbons (Fsp3) is 0.562. The van der Waals surface area contributed by atoms with Crippen LogP contribution in [0.5, 0.6) is 0 Å². The van der Waals surface area contributed by atoms with Crippen molar-refractivity contribution >= 4 is 16.2 Å². The summed E-state index contributed by atoms with van der Waals surface area (Å²) >= 11 is 0. The van der Waals surface area contributed by atoms with Gasteiger partial charge in [0, 0.05) is 50.7 Å². The largest absolute Gasteiger partial charge is 0.419 e. The van der Waals surface area contributed by atoms with Gasteiger partial charge in [-0.15, -0.1) is 0 Å². The molecule has 0 aliphatic carbocycles. The zero-order valence-corrected chi connectivity index (χ0v) is 16.8. The van der Waals surface area contributed by atoms with E-state index in [-0.39, 0.29) is 23.2 Å². The Morgan fingerprint density at radius 1 is 1.24 bits per heavy atom. The molecule has 1 aliphatic rings. The number of nitrogens with one attached hydrogen (secondary N) is 2. The number of hydrogen-bond acceptors (Lipinski definition) is 6. The molecule has 0 atom stereocenters. The molecule has 0 spiro atoms. The predicted octanol–water partition coefficient (Wildman–Crippen LogP) is 1.63. The van der Waals surface area contributed by atoms with Crippen LogP contribution in [0.25, 0.3) is 11.3 Å². The van der Waals surface area contributed by atoms with E-state index in [1.807, 2.05) is 0 Å². The van der Waals surface area contributed by atoms with Gasteiger partial charge in [0.2, 0.25) is 5.95 Å². The lowest BCUT2D eigenvalue weighted by atomic mass is 10.1. The van der Waals surface area contributed by atoms with E-state index in [2.05, 4.69) is 25.1 Å². The van der Waals surface area contributed by atoms with E-state index >= 15 is 0 Å². The van der Waals surface area contributed by atoms with Crippen LogP contribution in [-0.4, -0.2) is 58.1 Å². The van der Waals surface area contributed by atoms with E-state index in [1.54, 1.807) is 14.0 Å². The molecule has 0 amide bonds. The Morgan fingerprint density at radius 2 is 1.93 bits per heavy atom. The Bertz CT molecular complexity index is 954. The summed E-state index contributed by atoms with van der Waals surface area (Å²) < 4.78 is 69.3. The van der Waals surface area contributed by atoms with Gasteiger partial charge in [0.15, 0.2) is 0 Å². The molecule has 0 aromatic carbocycles. The number of alkyl halides is 3. The minimum absolute atomic E-state index is 0.0600. The van der Waals surface area contributed by atoms with Crippen LogP contribution in [0.15, 0.2) is 18.6 Å². The SMILES string of the molecule is CCNS(=O)(=O)N1CCC(Nc2ncc(C(F)(F)F)c(-c3cnn(C)c3)n2)CC1. The molecule has 1 fully saturated rings. The van der Waals surface area contributed by atoms with Gasteiger partial charge in [0.25, 0.3) is 10.2 Å². The van der Waals surface area contributed by atoms with Gasteiger partial charge in [-0.3, -0.25) is 4.68 Å². The summed E-state index contributed by atoms with van der Waals surface area (Å²) in [5, 5.41) is 6.93. The lowest BCUT2D eigenvalue weighted by Crippen LogP contribution is -2.47. The second kappa shape index (κ2) is 8.24. The van der Waals surface area contributed by atoms with Gasteiger partial charge in [0.05, 0.1) is 11.9 Å². The highest BCUT2D eigenvalue weighted by atomic mass is 32.2. The summed E-state index contributed by atoms with van der Waals surface area (Å²) in [6, 6.07) is -0.151. The topological polar surface area (TPSA) is 105 Å². The third-order valence-electron chi connectivity index (χ3n) is 4.53. The van der Waals surface area contributed by atoms with E-state index in [0.717, 1.165) is 6.20 Å².